The molecule has 3 nitrogen and oxygen atoms in total. The second-order valence-corrected chi connectivity index (χ2v) is 4.92. The zero-order valence-corrected chi connectivity index (χ0v) is 14.9. The van der Waals surface area contributed by atoms with E-state index in [0.717, 1.165) is 11.1 Å². The molecule has 128 valence electrons. The number of nitrogens with zero attached hydrogens (tertiary/aromatic N) is 3. The van der Waals surface area contributed by atoms with Gasteiger partial charge < -0.3 is 0 Å². The highest BCUT2D eigenvalue weighted by atomic mass is 15.3. The van der Waals surface area contributed by atoms with Crippen molar-refractivity contribution >= 4 is 19.9 Å². The van der Waals surface area contributed by atoms with Crippen molar-refractivity contribution in [3.8, 4) is 0 Å². The maximum Gasteiger partial charge on any atom is 0.146 e. The van der Waals surface area contributed by atoms with Gasteiger partial charge in [0.15, 0.2) is 0 Å². The zero-order valence-electron chi connectivity index (χ0n) is 14.9. The summed E-state index contributed by atoms with van der Waals surface area (Å²) in [5.74, 6) is 1.24. The summed E-state index contributed by atoms with van der Waals surface area (Å²) in [6.07, 6.45) is 16.7. The first kappa shape index (κ1) is 20.6. The fraction of sp³-hybridized carbons (Fsp3) is 0. The van der Waals surface area contributed by atoms with Gasteiger partial charge in [-0.2, -0.15) is 0 Å². The van der Waals surface area contributed by atoms with Crippen LogP contribution in [0.25, 0.3) is 0 Å². The Labute approximate surface area is 157 Å². The molecular formula is C22H22BN3. The number of allylic oxidation sites excluding steroid dienone is 9. The van der Waals surface area contributed by atoms with Gasteiger partial charge in [0.1, 0.15) is 19.5 Å². The molecule has 0 saturated carbocycles. The molecule has 0 unspecified atom stereocenters. The highest BCUT2D eigenvalue weighted by Gasteiger charge is 2.32. The van der Waals surface area contributed by atoms with Crippen LogP contribution in [0.15, 0.2) is 132 Å². The van der Waals surface area contributed by atoms with Gasteiger partial charge in [0.05, 0.1) is 0 Å². The van der Waals surface area contributed by atoms with Crippen molar-refractivity contribution in [2.24, 2.45) is 9.98 Å². The Hall–Kier alpha value is -3.40. The first-order valence-corrected chi connectivity index (χ1v) is 7.85. The molecule has 0 spiro atoms. The van der Waals surface area contributed by atoms with Crippen molar-refractivity contribution in [2.45, 2.75) is 0 Å². The number of amidine groups is 1. The summed E-state index contributed by atoms with van der Waals surface area (Å²) in [7, 11) is 5.96. The molecule has 26 heavy (non-hydrogen) atoms. The molecule has 0 saturated heterocycles. The van der Waals surface area contributed by atoms with E-state index in [-0.39, 0.29) is 0 Å². The summed E-state index contributed by atoms with van der Waals surface area (Å²) in [6.45, 7) is 22.6. The smallest absolute Gasteiger partial charge is 0.146 e. The number of aliphatic imine (C=N–C) groups is 2. The van der Waals surface area contributed by atoms with Crippen LogP contribution in [0.4, 0.5) is 0 Å². The SMILES string of the molecule is [B]/C(C=C)=C/C(=C\C=C)N1C(=NC=C)/C(=C\C=C)C(C=C)=C1N=CC=C. The highest BCUT2D eigenvalue weighted by molar-refractivity contribution is 6.23. The molecule has 0 bridgehead atoms. The van der Waals surface area contributed by atoms with Gasteiger partial charge in [0.2, 0.25) is 0 Å². The van der Waals surface area contributed by atoms with Crippen LogP contribution in [0.1, 0.15) is 0 Å². The van der Waals surface area contributed by atoms with Crippen molar-refractivity contribution in [3.63, 3.8) is 0 Å². The van der Waals surface area contributed by atoms with Gasteiger partial charge in [-0.25, -0.2) is 9.98 Å². The minimum Gasteiger partial charge on any atom is -0.278 e. The lowest BCUT2D eigenvalue weighted by Crippen LogP contribution is -2.24. The van der Waals surface area contributed by atoms with E-state index < -0.39 is 0 Å². The maximum absolute atomic E-state index is 5.96. The number of hydrogen-bond acceptors (Lipinski definition) is 2. The Balaban J connectivity index is 3.87. The Kier molecular flexibility index (Phi) is 8.31. The predicted molar refractivity (Wildman–Crippen MR) is 116 cm³/mol. The van der Waals surface area contributed by atoms with E-state index in [4.69, 9.17) is 7.85 Å². The highest BCUT2D eigenvalue weighted by Crippen LogP contribution is 2.35. The summed E-state index contributed by atoms with van der Waals surface area (Å²) >= 11 is 0. The largest absolute Gasteiger partial charge is 0.278 e. The van der Waals surface area contributed by atoms with Crippen LogP contribution in [0.3, 0.4) is 0 Å². The Morgan fingerprint density at radius 1 is 1.00 bits per heavy atom. The van der Waals surface area contributed by atoms with E-state index in [9.17, 15) is 0 Å². The minimum atomic E-state index is 0.490. The van der Waals surface area contributed by atoms with E-state index in [1.807, 2.05) is 11.0 Å². The molecule has 2 radical (unpaired) electrons. The molecule has 1 rings (SSSR count). The van der Waals surface area contributed by atoms with Crippen LogP contribution < -0.4 is 0 Å². The predicted octanol–water partition coefficient (Wildman–Crippen LogP) is 4.92. The van der Waals surface area contributed by atoms with Gasteiger partial charge in [0.25, 0.3) is 0 Å². The van der Waals surface area contributed by atoms with Crippen molar-refractivity contribution < 1.29 is 0 Å². The number of rotatable bonds is 9. The quantitative estimate of drug-likeness (QED) is 0.333. The summed E-state index contributed by atoms with van der Waals surface area (Å²) in [6, 6.07) is 0. The lowest BCUT2D eigenvalue weighted by atomic mass is 9.94. The summed E-state index contributed by atoms with van der Waals surface area (Å²) in [5.41, 5.74) is 2.81. The second kappa shape index (κ2) is 10.5. The molecule has 0 atom stereocenters. The number of hydrogen-bond donors (Lipinski definition) is 0. The molecule has 0 aromatic heterocycles. The van der Waals surface area contributed by atoms with Crippen LogP contribution in [0.2, 0.25) is 0 Å². The van der Waals surface area contributed by atoms with Gasteiger partial charge >= 0.3 is 0 Å². The summed E-state index contributed by atoms with van der Waals surface area (Å²) in [5, 5.41) is 0. The lowest BCUT2D eigenvalue weighted by Gasteiger charge is -2.22. The van der Waals surface area contributed by atoms with Crippen LogP contribution in [0.5, 0.6) is 0 Å². The average molecular weight is 339 g/mol. The third-order valence-electron chi connectivity index (χ3n) is 3.30. The van der Waals surface area contributed by atoms with E-state index in [2.05, 4.69) is 49.5 Å². The second-order valence-electron chi connectivity index (χ2n) is 4.92. The molecule has 0 aromatic rings. The molecular weight excluding hydrogens is 317 g/mol. The molecule has 0 aromatic carbocycles. The summed E-state index contributed by atoms with van der Waals surface area (Å²) in [4.78, 5) is 10.8. The van der Waals surface area contributed by atoms with E-state index in [0.29, 0.717) is 22.8 Å². The molecule has 4 heteroatoms. The van der Waals surface area contributed by atoms with Gasteiger partial charge in [0, 0.05) is 29.3 Å². The Bertz CT molecular complexity index is 814. The minimum absolute atomic E-state index is 0.490. The van der Waals surface area contributed by atoms with Gasteiger partial charge in [-0.1, -0.05) is 81.4 Å². The zero-order chi connectivity index (χ0) is 19.5. The van der Waals surface area contributed by atoms with Gasteiger partial charge in [-0.3, -0.25) is 4.90 Å². The maximum atomic E-state index is 5.96. The monoisotopic (exact) mass is 339 g/mol. The van der Waals surface area contributed by atoms with Crippen LogP contribution in [0, 0.1) is 0 Å². The molecule has 0 fully saturated rings. The first-order valence-electron chi connectivity index (χ1n) is 7.85. The van der Waals surface area contributed by atoms with Gasteiger partial charge in [-0.05, 0) is 12.2 Å². The third kappa shape index (κ3) is 4.58. The first-order chi connectivity index (χ1) is 12.6. The fourth-order valence-corrected chi connectivity index (χ4v) is 2.31. The topological polar surface area (TPSA) is 28.0 Å². The summed E-state index contributed by atoms with van der Waals surface area (Å²) < 4.78 is 0. The molecule has 0 N–H and O–H groups in total. The van der Waals surface area contributed by atoms with Crippen molar-refractivity contribution in [2.75, 3.05) is 0 Å². The molecule has 0 amide bonds. The Morgan fingerprint density at radius 2 is 1.73 bits per heavy atom. The third-order valence-corrected chi connectivity index (χ3v) is 3.30. The molecule has 1 heterocycles. The normalized spacial score (nSPS) is 18.5. The Morgan fingerprint density at radius 3 is 2.23 bits per heavy atom. The van der Waals surface area contributed by atoms with Crippen molar-refractivity contribution in [1.29, 1.82) is 0 Å². The fourth-order valence-electron chi connectivity index (χ4n) is 2.31. The molecule has 1 aliphatic heterocycles. The van der Waals surface area contributed by atoms with E-state index in [1.54, 1.807) is 48.7 Å². The van der Waals surface area contributed by atoms with Crippen molar-refractivity contribution in [3.05, 3.63) is 122 Å². The standard InChI is InChI=1S/C22H22BN3/c1-7-13-18(16-17(23)10-4)26-21(25-15-9-3)19(11-5)20(14-8-2)22(26)24-12-6/h7-16H,1-6H2/b17-16+,18-13+,20-14-,24-22?,25-15?. The molecule has 0 aliphatic carbocycles. The van der Waals surface area contributed by atoms with E-state index in [1.165, 1.54) is 6.20 Å². The van der Waals surface area contributed by atoms with Gasteiger partial charge in [-0.15, -0.1) is 0 Å². The molecule has 1 aliphatic rings. The van der Waals surface area contributed by atoms with Crippen LogP contribution in [-0.2, 0) is 0 Å². The van der Waals surface area contributed by atoms with Crippen LogP contribution >= 0.6 is 0 Å². The lowest BCUT2D eigenvalue weighted by molar-refractivity contribution is 0.656. The van der Waals surface area contributed by atoms with E-state index >= 15 is 0 Å². The average Bonchev–Trinajstić information content (AvgIpc) is 2.92. The van der Waals surface area contributed by atoms with Crippen molar-refractivity contribution in [1.82, 2.24) is 4.90 Å². The van der Waals surface area contributed by atoms with Crippen LogP contribution in [-0.4, -0.2) is 24.8 Å².